The van der Waals surface area contributed by atoms with Gasteiger partial charge in [0.15, 0.2) is 0 Å². The number of anilines is 1. The Balaban J connectivity index is 1.58. The average Bonchev–Trinajstić information content (AvgIpc) is 3.32. The van der Waals surface area contributed by atoms with Crippen LogP contribution in [-0.2, 0) is 11.2 Å². The van der Waals surface area contributed by atoms with E-state index in [1.54, 1.807) is 10.8 Å². The number of hydrogen-bond acceptors (Lipinski definition) is 6. The Bertz CT molecular complexity index is 997. The molecule has 7 nitrogen and oxygen atoms in total. The van der Waals surface area contributed by atoms with Gasteiger partial charge < -0.3 is 9.64 Å². The van der Waals surface area contributed by atoms with Crippen molar-refractivity contribution in [2.24, 2.45) is 5.92 Å². The summed E-state index contributed by atoms with van der Waals surface area (Å²) in [7, 11) is 1.43. The number of fused-ring (bicyclic) bond motifs is 1. The van der Waals surface area contributed by atoms with Crippen molar-refractivity contribution in [1.29, 1.82) is 0 Å². The zero-order chi connectivity index (χ0) is 19.0. The van der Waals surface area contributed by atoms with Crippen LogP contribution in [0.5, 0.6) is 0 Å². The number of esters is 1. The van der Waals surface area contributed by atoms with Crippen LogP contribution in [0.1, 0.15) is 33.6 Å². The van der Waals surface area contributed by atoms with Crippen molar-refractivity contribution in [3.8, 4) is 0 Å². The van der Waals surface area contributed by atoms with Crippen LogP contribution >= 0.6 is 0 Å². The SMILES string of the molecule is COC(=O)c1ccccc1CC1CCN(c2c(C)c(C)nn3cnnc23)C1. The first-order chi connectivity index (χ1) is 13.1. The molecule has 0 bridgehead atoms. The first-order valence-electron chi connectivity index (χ1n) is 9.17. The summed E-state index contributed by atoms with van der Waals surface area (Å²) in [5, 5.41) is 12.8. The molecule has 1 unspecified atom stereocenters. The minimum atomic E-state index is -0.272. The number of nitrogens with zero attached hydrogens (tertiary/aromatic N) is 5. The highest BCUT2D eigenvalue weighted by Gasteiger charge is 2.28. The van der Waals surface area contributed by atoms with Gasteiger partial charge in [-0.1, -0.05) is 18.2 Å². The number of ether oxygens (including phenoxy) is 1. The Morgan fingerprint density at radius 1 is 1.30 bits per heavy atom. The number of carbonyl (C=O) groups excluding carboxylic acids is 1. The van der Waals surface area contributed by atoms with Crippen LogP contribution in [0.3, 0.4) is 0 Å². The van der Waals surface area contributed by atoms with Crippen LogP contribution in [0.2, 0.25) is 0 Å². The number of aromatic nitrogens is 4. The fraction of sp³-hybridized carbons (Fsp3) is 0.400. The molecule has 3 aromatic rings. The predicted octanol–water partition coefficient (Wildman–Crippen LogP) is 2.60. The lowest BCUT2D eigenvalue weighted by Crippen LogP contribution is -2.23. The standard InChI is InChI=1S/C20H23N5O2/c1-13-14(2)23-25-12-21-22-19(25)18(13)24-9-8-15(11-24)10-16-6-4-5-7-17(16)20(26)27-3/h4-7,12,15H,8-11H2,1-3H3. The molecule has 0 aliphatic carbocycles. The van der Waals surface area contributed by atoms with Gasteiger partial charge in [0.2, 0.25) is 5.65 Å². The van der Waals surface area contributed by atoms with Crippen LogP contribution < -0.4 is 4.90 Å². The second kappa shape index (κ2) is 6.98. The lowest BCUT2D eigenvalue weighted by atomic mass is 9.95. The van der Waals surface area contributed by atoms with Crippen molar-refractivity contribution in [2.45, 2.75) is 26.7 Å². The highest BCUT2D eigenvalue weighted by Crippen LogP contribution is 2.32. The summed E-state index contributed by atoms with van der Waals surface area (Å²) in [5.41, 5.74) is 5.75. The molecular weight excluding hydrogens is 342 g/mol. The Labute approximate surface area is 158 Å². The van der Waals surface area contributed by atoms with E-state index in [9.17, 15) is 4.79 Å². The summed E-state index contributed by atoms with van der Waals surface area (Å²) in [6.07, 6.45) is 3.57. The smallest absolute Gasteiger partial charge is 0.338 e. The van der Waals surface area contributed by atoms with E-state index in [4.69, 9.17) is 4.74 Å². The molecule has 27 heavy (non-hydrogen) atoms. The largest absolute Gasteiger partial charge is 0.465 e. The second-order valence-corrected chi connectivity index (χ2v) is 7.11. The summed E-state index contributed by atoms with van der Waals surface area (Å²) < 4.78 is 6.67. The molecule has 7 heteroatoms. The lowest BCUT2D eigenvalue weighted by molar-refractivity contribution is 0.0599. The third kappa shape index (κ3) is 3.13. The zero-order valence-corrected chi connectivity index (χ0v) is 15.8. The molecule has 0 saturated carbocycles. The van der Waals surface area contributed by atoms with E-state index in [-0.39, 0.29) is 5.97 Å². The third-order valence-corrected chi connectivity index (χ3v) is 5.43. The molecule has 0 N–H and O–H groups in total. The van der Waals surface area contributed by atoms with Crippen LogP contribution in [0, 0.1) is 19.8 Å². The van der Waals surface area contributed by atoms with E-state index in [0.717, 1.165) is 54.1 Å². The van der Waals surface area contributed by atoms with Crippen molar-refractivity contribution in [2.75, 3.05) is 25.1 Å². The van der Waals surface area contributed by atoms with Gasteiger partial charge in [0, 0.05) is 13.1 Å². The second-order valence-electron chi connectivity index (χ2n) is 7.11. The highest BCUT2D eigenvalue weighted by atomic mass is 16.5. The molecule has 1 aliphatic rings. The molecule has 3 heterocycles. The molecule has 140 valence electrons. The molecule has 1 aliphatic heterocycles. The molecule has 0 amide bonds. The lowest BCUT2D eigenvalue weighted by Gasteiger charge is -2.22. The van der Waals surface area contributed by atoms with E-state index in [0.29, 0.717) is 11.5 Å². The fourth-order valence-electron chi connectivity index (χ4n) is 3.93. The maximum atomic E-state index is 12.0. The number of benzene rings is 1. The van der Waals surface area contributed by atoms with Gasteiger partial charge in [-0.05, 0) is 49.8 Å². The summed E-state index contributed by atoms with van der Waals surface area (Å²) in [5.74, 6) is 0.192. The molecule has 2 aromatic heterocycles. The minimum Gasteiger partial charge on any atom is -0.465 e. The molecule has 1 aromatic carbocycles. The first kappa shape index (κ1) is 17.5. The Kier molecular flexibility index (Phi) is 4.51. The Hall–Kier alpha value is -2.96. The molecule has 0 radical (unpaired) electrons. The van der Waals surface area contributed by atoms with E-state index < -0.39 is 0 Å². The van der Waals surface area contributed by atoms with Crippen LogP contribution in [0.4, 0.5) is 5.69 Å². The minimum absolute atomic E-state index is 0.272. The fourth-order valence-corrected chi connectivity index (χ4v) is 3.93. The van der Waals surface area contributed by atoms with Gasteiger partial charge in [-0.3, -0.25) is 0 Å². The van der Waals surface area contributed by atoms with Gasteiger partial charge in [0.05, 0.1) is 24.1 Å². The number of methoxy groups -OCH3 is 1. The summed E-state index contributed by atoms with van der Waals surface area (Å²) >= 11 is 0. The first-order valence-corrected chi connectivity index (χ1v) is 9.17. The number of hydrogen-bond donors (Lipinski definition) is 0. The molecule has 1 saturated heterocycles. The van der Waals surface area contributed by atoms with E-state index in [1.807, 2.05) is 31.2 Å². The maximum Gasteiger partial charge on any atom is 0.338 e. The molecule has 1 fully saturated rings. The van der Waals surface area contributed by atoms with Gasteiger partial charge in [-0.2, -0.15) is 9.61 Å². The van der Waals surface area contributed by atoms with Crippen molar-refractivity contribution < 1.29 is 9.53 Å². The van der Waals surface area contributed by atoms with Gasteiger partial charge in [-0.15, -0.1) is 10.2 Å². The van der Waals surface area contributed by atoms with Gasteiger partial charge in [0.25, 0.3) is 0 Å². The van der Waals surface area contributed by atoms with Gasteiger partial charge in [-0.25, -0.2) is 4.79 Å². The number of rotatable bonds is 4. The molecule has 1 atom stereocenters. The quantitative estimate of drug-likeness (QED) is 0.662. The maximum absolute atomic E-state index is 12.0. The van der Waals surface area contributed by atoms with E-state index >= 15 is 0 Å². The number of carbonyl (C=O) groups is 1. The molecule has 0 spiro atoms. The third-order valence-electron chi connectivity index (χ3n) is 5.43. The van der Waals surface area contributed by atoms with Crippen LogP contribution in [0.25, 0.3) is 5.65 Å². The normalized spacial score (nSPS) is 16.9. The monoisotopic (exact) mass is 365 g/mol. The summed E-state index contributed by atoms with van der Waals surface area (Å²) in [4.78, 5) is 14.4. The van der Waals surface area contributed by atoms with Crippen molar-refractivity contribution in [3.05, 3.63) is 53.0 Å². The highest BCUT2D eigenvalue weighted by molar-refractivity contribution is 5.91. The van der Waals surface area contributed by atoms with Crippen molar-refractivity contribution in [3.63, 3.8) is 0 Å². The van der Waals surface area contributed by atoms with Gasteiger partial charge in [0.1, 0.15) is 6.33 Å². The van der Waals surface area contributed by atoms with E-state index in [1.165, 1.54) is 7.11 Å². The van der Waals surface area contributed by atoms with Crippen LogP contribution in [-0.4, -0.2) is 46.0 Å². The van der Waals surface area contributed by atoms with Gasteiger partial charge >= 0.3 is 5.97 Å². The van der Waals surface area contributed by atoms with Crippen molar-refractivity contribution in [1.82, 2.24) is 19.8 Å². The zero-order valence-electron chi connectivity index (χ0n) is 15.8. The average molecular weight is 365 g/mol. The van der Waals surface area contributed by atoms with Crippen molar-refractivity contribution >= 4 is 17.3 Å². The summed E-state index contributed by atoms with van der Waals surface area (Å²) in [6.45, 7) is 5.98. The molecule has 4 rings (SSSR count). The number of aryl methyl sites for hydroxylation is 1. The topological polar surface area (TPSA) is 72.6 Å². The van der Waals surface area contributed by atoms with Crippen LogP contribution in [0.15, 0.2) is 30.6 Å². The molecular formula is C20H23N5O2. The predicted molar refractivity (Wildman–Crippen MR) is 102 cm³/mol. The summed E-state index contributed by atoms with van der Waals surface area (Å²) in [6, 6.07) is 7.71. The Morgan fingerprint density at radius 3 is 2.93 bits per heavy atom. The van der Waals surface area contributed by atoms with E-state index in [2.05, 4.69) is 27.1 Å². The Morgan fingerprint density at radius 2 is 2.11 bits per heavy atom.